The number of rotatable bonds is 6. The fraction of sp³-hybridized carbons (Fsp3) is 0.240. The first-order chi connectivity index (χ1) is 15.7. The van der Waals surface area contributed by atoms with E-state index >= 15 is 0 Å². The second-order valence-corrected chi connectivity index (χ2v) is 10.4. The molecule has 0 saturated heterocycles. The van der Waals surface area contributed by atoms with E-state index in [1.165, 1.54) is 23.1 Å². The van der Waals surface area contributed by atoms with Gasteiger partial charge in [-0.3, -0.25) is 4.79 Å². The standard InChI is InChI=1S/C25H26N4O2S2/c1-25(2,3)29-22(30)21-19(26)18-20(27-24(32-4)28-23(18)33-21)16-11-8-12-17(13-16)31-14-15-9-6-5-7-10-15/h5-13H,14,26H2,1-4H3,(H,29,30). The number of carbonyl (C=O) groups is 1. The van der Waals surface area contributed by atoms with Gasteiger partial charge >= 0.3 is 0 Å². The summed E-state index contributed by atoms with van der Waals surface area (Å²) >= 11 is 2.74. The molecule has 0 unspecified atom stereocenters. The second-order valence-electron chi connectivity index (χ2n) is 8.59. The number of benzene rings is 2. The van der Waals surface area contributed by atoms with E-state index in [0.717, 1.165) is 16.9 Å². The first kappa shape index (κ1) is 23.1. The maximum absolute atomic E-state index is 12.9. The van der Waals surface area contributed by atoms with Crippen LogP contribution in [0.2, 0.25) is 0 Å². The Balaban J connectivity index is 1.74. The number of fused-ring (bicyclic) bond motifs is 1. The average Bonchev–Trinajstić information content (AvgIpc) is 3.13. The molecule has 0 atom stereocenters. The predicted octanol–water partition coefficient (Wildman–Crippen LogP) is 5.77. The number of hydrogen-bond donors (Lipinski definition) is 2. The third kappa shape index (κ3) is 5.29. The first-order valence-corrected chi connectivity index (χ1v) is 12.5. The number of nitrogens with zero attached hydrogens (tertiary/aromatic N) is 2. The number of nitrogen functional groups attached to an aromatic ring is 1. The van der Waals surface area contributed by atoms with Crippen LogP contribution in [0.5, 0.6) is 5.75 Å². The van der Waals surface area contributed by atoms with Gasteiger partial charge in [-0.1, -0.05) is 54.2 Å². The molecule has 4 aromatic rings. The zero-order chi connectivity index (χ0) is 23.6. The quantitative estimate of drug-likeness (QED) is 0.270. The summed E-state index contributed by atoms with van der Waals surface area (Å²) in [6.07, 6.45) is 1.93. The number of aromatic nitrogens is 2. The highest BCUT2D eigenvalue weighted by Crippen LogP contribution is 2.40. The van der Waals surface area contributed by atoms with Crippen LogP contribution in [0.1, 0.15) is 36.0 Å². The third-order valence-electron chi connectivity index (χ3n) is 4.80. The molecule has 2 heterocycles. The molecule has 3 N–H and O–H groups in total. The summed E-state index contributed by atoms with van der Waals surface area (Å²) in [6.45, 7) is 6.28. The topological polar surface area (TPSA) is 90.1 Å². The van der Waals surface area contributed by atoms with Gasteiger partial charge in [-0.2, -0.15) is 0 Å². The maximum atomic E-state index is 12.9. The van der Waals surface area contributed by atoms with Gasteiger partial charge < -0.3 is 15.8 Å². The lowest BCUT2D eigenvalue weighted by Gasteiger charge is -2.20. The lowest BCUT2D eigenvalue weighted by Crippen LogP contribution is -2.40. The number of thiophene rings is 1. The molecule has 8 heteroatoms. The Labute approximate surface area is 201 Å². The van der Waals surface area contributed by atoms with Gasteiger partial charge in [0, 0.05) is 11.1 Å². The third-order valence-corrected chi connectivity index (χ3v) is 6.45. The lowest BCUT2D eigenvalue weighted by atomic mass is 10.1. The summed E-state index contributed by atoms with van der Waals surface area (Å²) in [5, 5.41) is 4.30. The molecule has 0 bridgehead atoms. The SMILES string of the molecule is CSc1nc(-c2cccc(OCc3ccccc3)c2)c2c(N)c(C(=O)NC(C)(C)C)sc2n1. The molecule has 4 rings (SSSR count). The van der Waals surface area contributed by atoms with Crippen molar-refractivity contribution in [2.45, 2.75) is 38.1 Å². The summed E-state index contributed by atoms with van der Waals surface area (Å²) in [4.78, 5) is 23.4. The van der Waals surface area contributed by atoms with Gasteiger partial charge in [0.1, 0.15) is 22.1 Å². The molecule has 2 aromatic carbocycles. The molecular weight excluding hydrogens is 452 g/mol. The van der Waals surface area contributed by atoms with Crippen molar-refractivity contribution in [1.82, 2.24) is 15.3 Å². The van der Waals surface area contributed by atoms with Crippen LogP contribution in [0.25, 0.3) is 21.5 Å². The minimum atomic E-state index is -0.372. The molecule has 2 aromatic heterocycles. The number of nitrogens with two attached hydrogens (primary N) is 1. The van der Waals surface area contributed by atoms with Crippen LogP contribution >= 0.6 is 23.1 Å². The van der Waals surface area contributed by atoms with E-state index in [-0.39, 0.29) is 11.4 Å². The number of amides is 1. The minimum Gasteiger partial charge on any atom is -0.489 e. The van der Waals surface area contributed by atoms with Crippen molar-refractivity contribution in [2.75, 3.05) is 12.0 Å². The van der Waals surface area contributed by atoms with E-state index in [2.05, 4.69) is 10.3 Å². The van der Waals surface area contributed by atoms with Crippen molar-refractivity contribution in [3.63, 3.8) is 0 Å². The minimum absolute atomic E-state index is 0.209. The lowest BCUT2D eigenvalue weighted by molar-refractivity contribution is 0.0924. The highest BCUT2D eigenvalue weighted by atomic mass is 32.2. The Morgan fingerprint density at radius 3 is 2.58 bits per heavy atom. The highest BCUT2D eigenvalue weighted by molar-refractivity contribution is 7.98. The number of ether oxygens (including phenoxy) is 1. The number of nitrogens with one attached hydrogen (secondary N) is 1. The van der Waals surface area contributed by atoms with Gasteiger partial charge in [-0.05, 0) is 44.7 Å². The fourth-order valence-electron chi connectivity index (χ4n) is 3.34. The van der Waals surface area contributed by atoms with Crippen molar-refractivity contribution >= 4 is 44.9 Å². The molecule has 6 nitrogen and oxygen atoms in total. The van der Waals surface area contributed by atoms with Gasteiger partial charge in [-0.15, -0.1) is 11.3 Å². The molecule has 0 aliphatic carbocycles. The van der Waals surface area contributed by atoms with Crippen LogP contribution in [0.3, 0.4) is 0 Å². The van der Waals surface area contributed by atoms with E-state index in [4.69, 9.17) is 15.5 Å². The largest absolute Gasteiger partial charge is 0.489 e. The van der Waals surface area contributed by atoms with Gasteiger partial charge in [0.2, 0.25) is 0 Å². The van der Waals surface area contributed by atoms with E-state index < -0.39 is 0 Å². The van der Waals surface area contributed by atoms with Crippen molar-refractivity contribution < 1.29 is 9.53 Å². The van der Waals surface area contributed by atoms with Gasteiger partial charge in [0.05, 0.1) is 16.8 Å². The summed E-state index contributed by atoms with van der Waals surface area (Å²) in [5.41, 5.74) is 9.16. The van der Waals surface area contributed by atoms with Crippen LogP contribution in [0.4, 0.5) is 5.69 Å². The summed E-state index contributed by atoms with van der Waals surface area (Å²) in [6, 6.07) is 17.8. The Bertz CT molecular complexity index is 1300. The van der Waals surface area contributed by atoms with Crippen molar-refractivity contribution in [2.24, 2.45) is 0 Å². The summed E-state index contributed by atoms with van der Waals surface area (Å²) in [5.74, 6) is 0.521. The molecule has 0 fully saturated rings. The number of hydrogen-bond acceptors (Lipinski definition) is 7. The highest BCUT2D eigenvalue weighted by Gasteiger charge is 2.24. The summed E-state index contributed by atoms with van der Waals surface area (Å²) in [7, 11) is 0. The van der Waals surface area contributed by atoms with E-state index in [9.17, 15) is 4.79 Å². The summed E-state index contributed by atoms with van der Waals surface area (Å²) < 4.78 is 6.01. The molecule has 33 heavy (non-hydrogen) atoms. The average molecular weight is 479 g/mol. The number of thioether (sulfide) groups is 1. The Morgan fingerprint density at radius 2 is 1.88 bits per heavy atom. The maximum Gasteiger partial charge on any atom is 0.263 e. The monoisotopic (exact) mass is 478 g/mol. The molecule has 170 valence electrons. The normalized spacial score (nSPS) is 11.5. The zero-order valence-corrected chi connectivity index (χ0v) is 20.6. The van der Waals surface area contributed by atoms with Gasteiger partial charge in [-0.25, -0.2) is 9.97 Å². The van der Waals surface area contributed by atoms with Crippen LogP contribution < -0.4 is 15.8 Å². The van der Waals surface area contributed by atoms with Gasteiger partial charge in [0.15, 0.2) is 5.16 Å². The van der Waals surface area contributed by atoms with Crippen LogP contribution in [0, 0.1) is 0 Å². The fourth-order valence-corrected chi connectivity index (χ4v) is 4.76. The number of carbonyl (C=O) groups excluding carboxylic acids is 1. The van der Waals surface area contributed by atoms with E-state index in [0.29, 0.717) is 38.2 Å². The predicted molar refractivity (Wildman–Crippen MR) is 137 cm³/mol. The van der Waals surface area contributed by atoms with Crippen LogP contribution in [0.15, 0.2) is 59.8 Å². The van der Waals surface area contributed by atoms with E-state index in [1.807, 2.05) is 81.6 Å². The molecule has 0 saturated carbocycles. The van der Waals surface area contributed by atoms with E-state index in [1.54, 1.807) is 0 Å². The number of anilines is 1. The van der Waals surface area contributed by atoms with Crippen LogP contribution in [-0.4, -0.2) is 27.7 Å². The molecule has 0 aliphatic heterocycles. The first-order valence-electron chi connectivity index (χ1n) is 10.5. The molecule has 0 spiro atoms. The smallest absolute Gasteiger partial charge is 0.263 e. The van der Waals surface area contributed by atoms with Crippen molar-refractivity contribution in [3.05, 3.63) is 65.0 Å². The van der Waals surface area contributed by atoms with Gasteiger partial charge in [0.25, 0.3) is 5.91 Å². The molecular formula is C25H26N4O2S2. The second kappa shape index (κ2) is 9.41. The molecule has 1 amide bonds. The zero-order valence-electron chi connectivity index (χ0n) is 19.0. The van der Waals surface area contributed by atoms with Crippen molar-refractivity contribution in [1.29, 1.82) is 0 Å². The Hall–Kier alpha value is -3.10. The molecule has 0 aliphatic rings. The molecule has 0 radical (unpaired) electrons. The Morgan fingerprint density at radius 1 is 1.12 bits per heavy atom. The van der Waals surface area contributed by atoms with Crippen molar-refractivity contribution in [3.8, 4) is 17.0 Å². The van der Waals surface area contributed by atoms with Crippen LogP contribution in [-0.2, 0) is 6.61 Å². The Kier molecular flexibility index (Phi) is 6.58.